The molecule has 0 saturated carbocycles. The van der Waals surface area contributed by atoms with E-state index in [9.17, 15) is 4.79 Å². The third-order valence-electron chi connectivity index (χ3n) is 6.74. The highest BCUT2D eigenvalue weighted by Crippen LogP contribution is 2.36. The molecule has 0 spiro atoms. The SMILES string of the molecule is CCN1CCCC1N(C)c1cc2n(c1)CCc1c(NC(=O)c3ccc(C)cc3)n[nH]c1-2. The number of nitrogens with one attached hydrogen (secondary N) is 2. The first-order valence-electron chi connectivity index (χ1n) is 11.2. The zero-order chi connectivity index (χ0) is 21.5. The fourth-order valence-electron chi connectivity index (χ4n) is 4.91. The number of hydrogen-bond acceptors (Lipinski definition) is 4. The van der Waals surface area contributed by atoms with Crippen LogP contribution in [0.4, 0.5) is 11.5 Å². The van der Waals surface area contributed by atoms with E-state index in [1.807, 2.05) is 31.2 Å². The van der Waals surface area contributed by atoms with Gasteiger partial charge in [0.15, 0.2) is 5.82 Å². The Labute approximate surface area is 183 Å². The molecule has 0 bridgehead atoms. The van der Waals surface area contributed by atoms with E-state index < -0.39 is 0 Å². The number of aromatic amines is 1. The zero-order valence-corrected chi connectivity index (χ0v) is 18.5. The first-order chi connectivity index (χ1) is 15.0. The maximum Gasteiger partial charge on any atom is 0.256 e. The number of carbonyl (C=O) groups excluding carboxylic acids is 1. The lowest BCUT2D eigenvalue weighted by Gasteiger charge is -2.32. The molecule has 2 N–H and O–H groups in total. The van der Waals surface area contributed by atoms with Gasteiger partial charge in [-0.1, -0.05) is 24.6 Å². The van der Waals surface area contributed by atoms with Gasteiger partial charge in [-0.05, 0) is 50.9 Å². The van der Waals surface area contributed by atoms with Crippen LogP contribution < -0.4 is 10.2 Å². The topological polar surface area (TPSA) is 69.2 Å². The number of hydrogen-bond donors (Lipinski definition) is 2. The van der Waals surface area contributed by atoms with E-state index in [4.69, 9.17) is 0 Å². The molecule has 0 aliphatic carbocycles. The predicted molar refractivity (Wildman–Crippen MR) is 124 cm³/mol. The minimum absolute atomic E-state index is 0.128. The third kappa shape index (κ3) is 3.53. The van der Waals surface area contributed by atoms with Crippen molar-refractivity contribution in [1.82, 2.24) is 19.7 Å². The largest absolute Gasteiger partial charge is 0.358 e. The Morgan fingerprint density at radius 3 is 2.87 bits per heavy atom. The highest BCUT2D eigenvalue weighted by atomic mass is 16.1. The van der Waals surface area contributed by atoms with E-state index in [0.717, 1.165) is 42.0 Å². The smallest absolute Gasteiger partial charge is 0.256 e. The molecular formula is C24H30N6O. The molecule has 5 rings (SSSR count). The third-order valence-corrected chi connectivity index (χ3v) is 6.74. The van der Waals surface area contributed by atoms with Gasteiger partial charge in [-0.15, -0.1) is 0 Å². The van der Waals surface area contributed by atoms with Crippen molar-refractivity contribution in [3.8, 4) is 11.4 Å². The van der Waals surface area contributed by atoms with Crippen LogP contribution >= 0.6 is 0 Å². The number of likely N-dealkylation sites (tertiary alicyclic amines) is 1. The van der Waals surface area contributed by atoms with Gasteiger partial charge in [0.2, 0.25) is 0 Å². The summed E-state index contributed by atoms with van der Waals surface area (Å²) in [6.07, 6.45) is 6.00. The lowest BCUT2D eigenvalue weighted by molar-refractivity contribution is 0.102. The minimum atomic E-state index is -0.128. The van der Waals surface area contributed by atoms with E-state index in [-0.39, 0.29) is 5.91 Å². The number of aromatic nitrogens is 3. The highest BCUT2D eigenvalue weighted by Gasteiger charge is 2.29. The van der Waals surface area contributed by atoms with Crippen LogP contribution in [0.3, 0.4) is 0 Å². The van der Waals surface area contributed by atoms with Crippen molar-refractivity contribution >= 4 is 17.4 Å². The molecule has 1 amide bonds. The number of H-pyrrole nitrogens is 1. The van der Waals surface area contributed by atoms with Gasteiger partial charge in [0.05, 0.1) is 23.2 Å². The summed E-state index contributed by atoms with van der Waals surface area (Å²) in [5.74, 6) is 0.507. The van der Waals surface area contributed by atoms with Crippen molar-refractivity contribution in [2.24, 2.45) is 0 Å². The van der Waals surface area contributed by atoms with Crippen molar-refractivity contribution in [3.05, 3.63) is 53.2 Å². The number of nitrogens with zero attached hydrogens (tertiary/aromatic N) is 4. The van der Waals surface area contributed by atoms with Crippen LogP contribution in [0.25, 0.3) is 11.4 Å². The molecule has 2 aliphatic heterocycles. The number of aryl methyl sites for hydroxylation is 2. The van der Waals surface area contributed by atoms with Crippen LogP contribution in [-0.2, 0) is 13.0 Å². The molecule has 1 fully saturated rings. The second-order valence-corrected chi connectivity index (χ2v) is 8.64. The summed E-state index contributed by atoms with van der Waals surface area (Å²) in [5, 5.41) is 10.6. The van der Waals surface area contributed by atoms with E-state index in [0.29, 0.717) is 17.5 Å². The summed E-state index contributed by atoms with van der Waals surface area (Å²) < 4.78 is 2.29. The molecule has 7 heteroatoms. The number of carbonyl (C=O) groups is 1. The Morgan fingerprint density at radius 2 is 2.10 bits per heavy atom. The Bertz CT molecular complexity index is 1100. The molecule has 7 nitrogen and oxygen atoms in total. The maximum absolute atomic E-state index is 12.7. The van der Waals surface area contributed by atoms with Crippen molar-refractivity contribution < 1.29 is 4.79 Å². The lowest BCUT2D eigenvalue weighted by Crippen LogP contribution is -2.42. The Hall–Kier alpha value is -3.06. The van der Waals surface area contributed by atoms with E-state index in [1.54, 1.807) is 0 Å². The first kappa shape index (κ1) is 19.9. The molecule has 162 valence electrons. The molecule has 31 heavy (non-hydrogen) atoms. The van der Waals surface area contributed by atoms with Crippen molar-refractivity contribution in [2.75, 3.05) is 30.4 Å². The summed E-state index contributed by atoms with van der Waals surface area (Å²) in [4.78, 5) is 17.6. The van der Waals surface area contributed by atoms with Crippen molar-refractivity contribution in [3.63, 3.8) is 0 Å². The molecule has 1 aromatic carbocycles. The van der Waals surface area contributed by atoms with Crippen molar-refractivity contribution in [2.45, 2.75) is 45.8 Å². The molecule has 2 aliphatic rings. The number of fused-ring (bicyclic) bond motifs is 3. The van der Waals surface area contributed by atoms with E-state index in [1.165, 1.54) is 25.1 Å². The molecule has 1 saturated heterocycles. The number of rotatable bonds is 5. The highest BCUT2D eigenvalue weighted by molar-refractivity contribution is 6.04. The summed E-state index contributed by atoms with van der Waals surface area (Å²) in [6, 6.07) is 9.83. The monoisotopic (exact) mass is 418 g/mol. The normalized spacial score (nSPS) is 18.0. The zero-order valence-electron chi connectivity index (χ0n) is 18.5. The van der Waals surface area contributed by atoms with Gasteiger partial charge in [0.1, 0.15) is 0 Å². The van der Waals surface area contributed by atoms with Crippen LogP contribution in [0.15, 0.2) is 36.5 Å². The standard InChI is InChI=1S/C24H30N6O/c1-4-29-12-5-6-21(29)28(3)18-14-20-22-19(11-13-30(20)15-18)23(27-26-22)25-24(31)17-9-7-16(2)8-10-17/h7-10,14-15,21H,4-6,11-13H2,1-3H3,(H2,25,26,27,31). The average Bonchev–Trinajstić information content (AvgIpc) is 3.51. The number of benzene rings is 1. The summed E-state index contributed by atoms with van der Waals surface area (Å²) in [7, 11) is 2.20. The number of anilines is 2. The first-order valence-corrected chi connectivity index (χ1v) is 11.2. The van der Waals surface area contributed by atoms with E-state index in [2.05, 4.69) is 56.1 Å². The van der Waals surface area contributed by atoms with Crippen molar-refractivity contribution in [1.29, 1.82) is 0 Å². The summed E-state index contributed by atoms with van der Waals surface area (Å²) in [6.45, 7) is 7.38. The Morgan fingerprint density at radius 1 is 1.29 bits per heavy atom. The van der Waals surface area contributed by atoms with Gasteiger partial charge < -0.3 is 14.8 Å². The molecule has 1 unspecified atom stereocenters. The van der Waals surface area contributed by atoms with Gasteiger partial charge in [-0.3, -0.25) is 14.8 Å². The second kappa shape index (κ2) is 7.89. The fourth-order valence-corrected chi connectivity index (χ4v) is 4.91. The van der Waals surface area contributed by atoms with Crippen LogP contribution in [-0.4, -0.2) is 51.9 Å². The summed E-state index contributed by atoms with van der Waals surface area (Å²) in [5.41, 5.74) is 6.22. The van der Waals surface area contributed by atoms with E-state index >= 15 is 0 Å². The summed E-state index contributed by atoms with van der Waals surface area (Å²) >= 11 is 0. The van der Waals surface area contributed by atoms with Crippen LogP contribution in [0.1, 0.15) is 41.3 Å². The maximum atomic E-state index is 12.7. The van der Waals surface area contributed by atoms with Gasteiger partial charge >= 0.3 is 0 Å². The fraction of sp³-hybridized carbons (Fsp3) is 0.417. The number of amides is 1. The molecule has 0 radical (unpaired) electrons. The average molecular weight is 419 g/mol. The molecule has 2 aromatic heterocycles. The van der Waals surface area contributed by atoms with Gasteiger partial charge in [0, 0.05) is 37.5 Å². The van der Waals surface area contributed by atoms with Gasteiger partial charge in [-0.25, -0.2) is 0 Å². The Kier molecular flexibility index (Phi) is 5.06. The van der Waals surface area contributed by atoms with Crippen LogP contribution in [0.2, 0.25) is 0 Å². The molecule has 1 atom stereocenters. The van der Waals surface area contributed by atoms with Crippen LogP contribution in [0, 0.1) is 6.92 Å². The predicted octanol–water partition coefficient (Wildman–Crippen LogP) is 3.87. The Balaban J connectivity index is 1.38. The quantitative estimate of drug-likeness (QED) is 0.660. The van der Waals surface area contributed by atoms with Crippen LogP contribution in [0.5, 0.6) is 0 Å². The molecule has 3 aromatic rings. The molecular weight excluding hydrogens is 388 g/mol. The minimum Gasteiger partial charge on any atom is -0.358 e. The molecule has 4 heterocycles. The van der Waals surface area contributed by atoms with Gasteiger partial charge in [0.25, 0.3) is 5.91 Å². The second-order valence-electron chi connectivity index (χ2n) is 8.64. The van der Waals surface area contributed by atoms with Gasteiger partial charge in [-0.2, -0.15) is 5.10 Å². The lowest BCUT2D eigenvalue weighted by atomic mass is 10.1.